The maximum atomic E-state index is 13.2. The van der Waals surface area contributed by atoms with E-state index < -0.39 is 33.5 Å². The van der Waals surface area contributed by atoms with Crippen LogP contribution in [0.3, 0.4) is 0 Å². The average Bonchev–Trinajstić information content (AvgIpc) is 3.20. The van der Waals surface area contributed by atoms with Gasteiger partial charge >= 0.3 is 6.18 Å². The van der Waals surface area contributed by atoms with Crippen molar-refractivity contribution in [2.24, 2.45) is 0 Å². The van der Waals surface area contributed by atoms with Gasteiger partial charge in [-0.25, -0.2) is 8.42 Å². The third-order valence-electron chi connectivity index (χ3n) is 4.52. The second-order valence-electron chi connectivity index (χ2n) is 7.14. The summed E-state index contributed by atoms with van der Waals surface area (Å²) < 4.78 is 67.3. The van der Waals surface area contributed by atoms with Crippen LogP contribution in [0.2, 0.25) is 0 Å². The van der Waals surface area contributed by atoms with Crippen molar-refractivity contribution in [2.45, 2.75) is 30.9 Å². The van der Waals surface area contributed by atoms with Crippen molar-refractivity contribution in [3.05, 3.63) is 59.0 Å². The Morgan fingerprint density at radius 1 is 1.23 bits per heavy atom. The molecule has 1 aromatic heterocycles. The van der Waals surface area contributed by atoms with Crippen LogP contribution >= 0.6 is 0 Å². The van der Waals surface area contributed by atoms with Gasteiger partial charge in [-0.1, -0.05) is 18.2 Å². The Hall–Kier alpha value is -2.82. The summed E-state index contributed by atoms with van der Waals surface area (Å²) in [6, 6.07) is 7.11. The van der Waals surface area contributed by atoms with Crippen LogP contribution in [0, 0.1) is 0 Å². The lowest BCUT2D eigenvalue weighted by Crippen LogP contribution is -2.37. The first-order valence-electron chi connectivity index (χ1n) is 8.92. The molecule has 1 aliphatic rings. The molecule has 1 aromatic carbocycles. The topological polar surface area (TPSA) is 96.7 Å². The maximum Gasteiger partial charge on any atom is 0.416 e. The Bertz CT molecular complexity index is 1060. The lowest BCUT2D eigenvalue weighted by molar-refractivity contribution is -0.139. The Morgan fingerprint density at radius 2 is 1.93 bits per heavy atom. The second kappa shape index (κ2) is 8.13. The second-order valence-corrected chi connectivity index (χ2v) is 9.28. The molecule has 1 atom stereocenters. The summed E-state index contributed by atoms with van der Waals surface area (Å²) in [6.45, 7) is -0.173. The number of carbonyl (C=O) groups excluding carboxylic acids is 2. The Kier molecular flexibility index (Phi) is 5.93. The summed E-state index contributed by atoms with van der Waals surface area (Å²) in [5, 5.41) is 2.60. The lowest BCUT2D eigenvalue weighted by atomic mass is 10.1. The van der Waals surface area contributed by atoms with Crippen molar-refractivity contribution in [2.75, 3.05) is 12.8 Å². The van der Waals surface area contributed by atoms with Crippen LogP contribution < -0.4 is 5.32 Å². The molecule has 0 saturated carbocycles. The highest BCUT2D eigenvalue weighted by Crippen LogP contribution is 2.33. The molecule has 30 heavy (non-hydrogen) atoms. The molecular weight excluding hydrogens is 425 g/mol. The molecule has 7 nitrogen and oxygen atoms in total. The van der Waals surface area contributed by atoms with Gasteiger partial charge in [0.1, 0.15) is 11.5 Å². The molecule has 2 aromatic rings. The van der Waals surface area contributed by atoms with Gasteiger partial charge < -0.3 is 14.6 Å². The Labute approximate surface area is 170 Å². The molecule has 0 aliphatic carbocycles. The Balaban J connectivity index is 1.64. The minimum atomic E-state index is -4.53. The predicted molar refractivity (Wildman–Crippen MR) is 100.0 cm³/mol. The number of sulfone groups is 1. The van der Waals surface area contributed by atoms with Crippen LogP contribution in [0.1, 0.15) is 33.9 Å². The van der Waals surface area contributed by atoms with E-state index in [-0.39, 0.29) is 48.3 Å². The van der Waals surface area contributed by atoms with Gasteiger partial charge in [0.25, 0.3) is 5.91 Å². The van der Waals surface area contributed by atoms with Gasteiger partial charge in [-0.2, -0.15) is 13.2 Å². The minimum absolute atomic E-state index is 0.0261. The number of alkyl halides is 3. The largest absolute Gasteiger partial charge is 0.455 e. The monoisotopic (exact) mass is 444 g/mol. The van der Waals surface area contributed by atoms with Crippen molar-refractivity contribution < 1.29 is 35.6 Å². The number of rotatable bonds is 6. The number of carbonyl (C=O) groups is 2. The van der Waals surface area contributed by atoms with E-state index in [4.69, 9.17) is 4.42 Å². The zero-order chi connectivity index (χ0) is 22.1. The SMILES string of the molecule is CS(=O)(=O)Cc1ccc(C(=O)NC2CC(=O)N(Cc3ccccc3C(F)(F)F)C2)o1. The van der Waals surface area contributed by atoms with E-state index in [0.29, 0.717) is 0 Å². The van der Waals surface area contributed by atoms with Crippen molar-refractivity contribution in [1.82, 2.24) is 10.2 Å². The standard InChI is InChI=1S/C19H19F3N2O5S/c1-30(27,28)11-14-6-7-16(29-14)18(26)23-13-8-17(25)24(10-13)9-12-4-2-3-5-15(12)19(20,21)22/h2-7,13H,8-11H2,1H3,(H,23,26). The van der Waals surface area contributed by atoms with Crippen LogP contribution in [0.25, 0.3) is 0 Å². The number of hydrogen-bond donors (Lipinski definition) is 1. The van der Waals surface area contributed by atoms with Gasteiger partial charge in [0.15, 0.2) is 15.6 Å². The fraction of sp³-hybridized carbons (Fsp3) is 0.368. The van der Waals surface area contributed by atoms with Gasteiger partial charge in [0.05, 0.1) is 11.6 Å². The summed E-state index contributed by atoms with van der Waals surface area (Å²) >= 11 is 0. The number of likely N-dealkylation sites (tertiary alicyclic amines) is 1. The van der Waals surface area contributed by atoms with E-state index in [0.717, 1.165) is 12.3 Å². The number of nitrogens with one attached hydrogen (secondary N) is 1. The lowest BCUT2D eigenvalue weighted by Gasteiger charge is -2.20. The van der Waals surface area contributed by atoms with Gasteiger partial charge in [-0.15, -0.1) is 0 Å². The molecule has 1 unspecified atom stereocenters. The molecule has 162 valence electrons. The summed E-state index contributed by atoms with van der Waals surface area (Å²) in [5.74, 6) is -1.37. The molecule has 1 N–H and O–H groups in total. The highest BCUT2D eigenvalue weighted by molar-refractivity contribution is 7.89. The van der Waals surface area contributed by atoms with E-state index in [2.05, 4.69) is 5.32 Å². The fourth-order valence-electron chi connectivity index (χ4n) is 3.25. The van der Waals surface area contributed by atoms with Gasteiger partial charge in [0, 0.05) is 25.8 Å². The van der Waals surface area contributed by atoms with Crippen LogP contribution in [0.15, 0.2) is 40.8 Å². The van der Waals surface area contributed by atoms with Gasteiger partial charge in [0.2, 0.25) is 5.91 Å². The first-order chi connectivity index (χ1) is 13.9. The molecule has 0 spiro atoms. The molecule has 2 amide bonds. The molecule has 1 fully saturated rings. The van der Waals surface area contributed by atoms with Crippen molar-refractivity contribution in [3.63, 3.8) is 0 Å². The van der Waals surface area contributed by atoms with E-state index >= 15 is 0 Å². The highest BCUT2D eigenvalue weighted by Gasteiger charge is 2.36. The normalized spacial score (nSPS) is 17.4. The average molecular weight is 444 g/mol. The molecule has 1 aliphatic heterocycles. The van der Waals surface area contributed by atoms with E-state index in [9.17, 15) is 31.2 Å². The third-order valence-corrected chi connectivity index (χ3v) is 5.33. The highest BCUT2D eigenvalue weighted by atomic mass is 32.2. The molecule has 1 saturated heterocycles. The van der Waals surface area contributed by atoms with Crippen molar-refractivity contribution >= 4 is 21.7 Å². The van der Waals surface area contributed by atoms with Gasteiger partial charge in [-0.05, 0) is 23.8 Å². The number of nitrogens with zero attached hydrogens (tertiary/aromatic N) is 1. The fourth-order valence-corrected chi connectivity index (χ4v) is 3.93. The molecule has 0 radical (unpaired) electrons. The molecule has 11 heteroatoms. The summed E-state index contributed by atoms with van der Waals surface area (Å²) in [7, 11) is -3.33. The Morgan fingerprint density at radius 3 is 2.60 bits per heavy atom. The zero-order valence-electron chi connectivity index (χ0n) is 15.9. The quantitative estimate of drug-likeness (QED) is 0.738. The zero-order valence-corrected chi connectivity index (χ0v) is 16.7. The predicted octanol–water partition coefficient (Wildman–Crippen LogP) is 2.37. The van der Waals surface area contributed by atoms with Crippen LogP contribution in [-0.4, -0.2) is 44.0 Å². The van der Waals surface area contributed by atoms with Crippen molar-refractivity contribution in [1.29, 1.82) is 0 Å². The van der Waals surface area contributed by atoms with E-state index in [1.54, 1.807) is 0 Å². The molecular formula is C19H19F3N2O5S. The molecule has 3 rings (SSSR count). The summed E-state index contributed by atoms with van der Waals surface area (Å²) in [5.41, 5.74) is -0.832. The number of halogens is 3. The van der Waals surface area contributed by atoms with Crippen LogP contribution in [-0.2, 0) is 33.1 Å². The van der Waals surface area contributed by atoms with Gasteiger partial charge in [-0.3, -0.25) is 9.59 Å². The number of hydrogen-bond acceptors (Lipinski definition) is 5. The smallest absolute Gasteiger partial charge is 0.416 e. The van der Waals surface area contributed by atoms with Crippen molar-refractivity contribution in [3.8, 4) is 0 Å². The molecule has 2 heterocycles. The van der Waals surface area contributed by atoms with E-state index in [1.807, 2.05) is 0 Å². The minimum Gasteiger partial charge on any atom is -0.455 e. The van der Waals surface area contributed by atoms with Crippen LogP contribution in [0.4, 0.5) is 13.2 Å². The first kappa shape index (κ1) is 21.9. The van der Waals surface area contributed by atoms with Crippen LogP contribution in [0.5, 0.6) is 0 Å². The van der Waals surface area contributed by atoms with E-state index in [1.165, 1.54) is 35.2 Å². The number of furan rings is 1. The third kappa shape index (κ3) is 5.41. The maximum absolute atomic E-state index is 13.2. The number of benzene rings is 1. The summed E-state index contributed by atoms with van der Waals surface area (Å²) in [4.78, 5) is 25.8. The number of amides is 2. The summed E-state index contributed by atoms with van der Waals surface area (Å²) in [6.07, 6.45) is -3.56. The molecule has 0 bridgehead atoms. The first-order valence-corrected chi connectivity index (χ1v) is 11.0.